The van der Waals surface area contributed by atoms with Crippen LogP contribution < -0.4 is 15.4 Å². The summed E-state index contributed by atoms with van der Waals surface area (Å²) in [5.41, 5.74) is 1.19. The third-order valence-electron chi connectivity index (χ3n) is 3.62. The van der Waals surface area contributed by atoms with E-state index >= 15 is 0 Å². The van der Waals surface area contributed by atoms with E-state index in [1.807, 2.05) is 13.0 Å². The molecule has 1 aliphatic rings. The molecule has 1 heterocycles. The van der Waals surface area contributed by atoms with Crippen LogP contribution in [-0.2, 0) is 14.3 Å². The molecule has 8 nitrogen and oxygen atoms in total. The fourth-order valence-electron chi connectivity index (χ4n) is 2.41. The molecule has 1 saturated heterocycles. The van der Waals surface area contributed by atoms with Gasteiger partial charge in [0.2, 0.25) is 5.91 Å². The van der Waals surface area contributed by atoms with Crippen LogP contribution in [0.5, 0.6) is 5.75 Å². The van der Waals surface area contributed by atoms with Crippen molar-refractivity contribution in [3.8, 4) is 11.8 Å². The Morgan fingerprint density at radius 2 is 2.12 bits per heavy atom. The molecule has 8 heteroatoms. The van der Waals surface area contributed by atoms with Crippen molar-refractivity contribution in [2.45, 2.75) is 13.8 Å². The van der Waals surface area contributed by atoms with Gasteiger partial charge in [0.1, 0.15) is 17.4 Å². The molecule has 1 aromatic rings. The fraction of sp³-hybridized carbons (Fsp3) is 0.389. The second-order valence-corrected chi connectivity index (χ2v) is 5.54. The van der Waals surface area contributed by atoms with Crippen molar-refractivity contribution in [3.63, 3.8) is 0 Å². The van der Waals surface area contributed by atoms with E-state index in [0.717, 1.165) is 0 Å². The Bertz CT molecular complexity index is 733. The molecule has 1 aromatic carbocycles. The maximum absolute atomic E-state index is 12.4. The van der Waals surface area contributed by atoms with Gasteiger partial charge in [0, 0.05) is 38.0 Å². The van der Waals surface area contributed by atoms with Crippen molar-refractivity contribution in [1.29, 1.82) is 5.26 Å². The molecule has 2 amide bonds. The summed E-state index contributed by atoms with van der Waals surface area (Å²) in [4.78, 5) is 25.2. The van der Waals surface area contributed by atoms with Crippen LogP contribution in [0.15, 0.2) is 30.0 Å². The molecule has 0 aliphatic carbocycles. The van der Waals surface area contributed by atoms with Crippen LogP contribution >= 0.6 is 0 Å². The molecule has 1 fully saturated rings. The van der Waals surface area contributed by atoms with E-state index in [1.54, 1.807) is 23.1 Å². The van der Waals surface area contributed by atoms with Crippen LogP contribution in [0.25, 0.3) is 0 Å². The minimum Gasteiger partial charge on any atom is -0.492 e. The summed E-state index contributed by atoms with van der Waals surface area (Å²) in [5, 5.41) is 14.9. The third-order valence-corrected chi connectivity index (χ3v) is 3.62. The molecule has 0 radical (unpaired) electrons. The maximum Gasteiger partial charge on any atom is 0.266 e. The number of rotatable bonds is 6. The summed E-state index contributed by atoms with van der Waals surface area (Å²) in [6.07, 6.45) is 1.38. The molecule has 2 rings (SSSR count). The van der Waals surface area contributed by atoms with Crippen LogP contribution in [0, 0.1) is 11.3 Å². The quantitative estimate of drug-likeness (QED) is 0.593. The minimum absolute atomic E-state index is 0.01000. The standard InChI is InChI=1S/C18H22N4O4/c1-3-26-17-10-15(4-5-16(17)21-13(2)23)20-12-14(11-19)18(24)22-6-8-25-9-7-22/h4-5,10,12,20H,3,6-9H2,1-2H3,(H,21,23)/b14-12+. The summed E-state index contributed by atoms with van der Waals surface area (Å²) >= 11 is 0. The zero-order valence-corrected chi connectivity index (χ0v) is 14.9. The molecule has 0 bridgehead atoms. The summed E-state index contributed by atoms with van der Waals surface area (Å²) in [5.74, 6) is -0.0308. The lowest BCUT2D eigenvalue weighted by Gasteiger charge is -2.26. The van der Waals surface area contributed by atoms with E-state index in [-0.39, 0.29) is 17.4 Å². The van der Waals surface area contributed by atoms with Crippen LogP contribution in [0.1, 0.15) is 13.8 Å². The second-order valence-electron chi connectivity index (χ2n) is 5.54. The van der Waals surface area contributed by atoms with E-state index in [9.17, 15) is 14.9 Å². The summed E-state index contributed by atoms with van der Waals surface area (Å²) in [6.45, 7) is 5.58. The lowest BCUT2D eigenvalue weighted by atomic mass is 10.2. The van der Waals surface area contributed by atoms with Gasteiger partial charge >= 0.3 is 0 Å². The predicted molar refractivity (Wildman–Crippen MR) is 96.6 cm³/mol. The van der Waals surface area contributed by atoms with Crippen molar-refractivity contribution in [1.82, 2.24) is 4.90 Å². The zero-order valence-electron chi connectivity index (χ0n) is 14.9. The predicted octanol–water partition coefficient (Wildman–Crippen LogP) is 1.72. The monoisotopic (exact) mass is 358 g/mol. The first-order valence-electron chi connectivity index (χ1n) is 8.33. The van der Waals surface area contributed by atoms with Gasteiger partial charge in [-0.15, -0.1) is 0 Å². The fourth-order valence-corrected chi connectivity index (χ4v) is 2.41. The number of morpholine rings is 1. The van der Waals surface area contributed by atoms with Gasteiger partial charge in [0.05, 0.1) is 25.5 Å². The minimum atomic E-state index is -0.330. The highest BCUT2D eigenvalue weighted by Gasteiger charge is 2.20. The SMILES string of the molecule is CCOc1cc(N/C=C(\C#N)C(=O)N2CCOCC2)ccc1NC(C)=O. The van der Waals surface area contributed by atoms with Crippen LogP contribution in [0.4, 0.5) is 11.4 Å². The first kappa shape index (κ1) is 19.3. The Morgan fingerprint density at radius 3 is 2.73 bits per heavy atom. The van der Waals surface area contributed by atoms with Gasteiger partial charge in [0.15, 0.2) is 0 Å². The molecule has 1 aliphatic heterocycles. The Balaban J connectivity index is 2.13. The van der Waals surface area contributed by atoms with E-state index in [2.05, 4.69) is 10.6 Å². The zero-order chi connectivity index (χ0) is 18.9. The van der Waals surface area contributed by atoms with Gasteiger partial charge in [-0.2, -0.15) is 5.26 Å². The molecule has 138 valence electrons. The van der Waals surface area contributed by atoms with Crippen LogP contribution in [-0.4, -0.2) is 49.6 Å². The maximum atomic E-state index is 12.4. The molecule has 0 spiro atoms. The Labute approximate surface area is 152 Å². The second kappa shape index (κ2) is 9.44. The number of ether oxygens (including phenoxy) is 2. The van der Waals surface area contributed by atoms with Gasteiger partial charge in [-0.25, -0.2) is 0 Å². The van der Waals surface area contributed by atoms with Crippen LogP contribution in [0.3, 0.4) is 0 Å². The Morgan fingerprint density at radius 1 is 1.38 bits per heavy atom. The Hall–Kier alpha value is -3.05. The van der Waals surface area contributed by atoms with Gasteiger partial charge < -0.3 is 25.0 Å². The molecule has 26 heavy (non-hydrogen) atoms. The molecule has 0 atom stereocenters. The van der Waals surface area contributed by atoms with E-state index in [4.69, 9.17) is 9.47 Å². The molecule has 0 aromatic heterocycles. The van der Waals surface area contributed by atoms with Crippen molar-refractivity contribution in [3.05, 3.63) is 30.0 Å². The highest BCUT2D eigenvalue weighted by Crippen LogP contribution is 2.28. The molecular formula is C18H22N4O4. The number of anilines is 2. The number of nitriles is 1. The van der Waals surface area contributed by atoms with Crippen molar-refractivity contribution in [2.75, 3.05) is 43.5 Å². The normalized spacial score (nSPS) is 14.3. The molecule has 0 unspecified atom stereocenters. The molecule has 2 N–H and O–H groups in total. The highest BCUT2D eigenvalue weighted by atomic mass is 16.5. The van der Waals surface area contributed by atoms with Gasteiger partial charge in [0.25, 0.3) is 5.91 Å². The lowest BCUT2D eigenvalue weighted by molar-refractivity contribution is -0.130. The number of benzene rings is 1. The molecule has 0 saturated carbocycles. The van der Waals surface area contributed by atoms with Gasteiger partial charge in [-0.05, 0) is 19.1 Å². The molecular weight excluding hydrogens is 336 g/mol. The van der Waals surface area contributed by atoms with Crippen molar-refractivity contribution in [2.24, 2.45) is 0 Å². The smallest absolute Gasteiger partial charge is 0.266 e. The van der Waals surface area contributed by atoms with Crippen LogP contribution in [0.2, 0.25) is 0 Å². The van der Waals surface area contributed by atoms with E-state index < -0.39 is 0 Å². The number of hydrogen-bond donors (Lipinski definition) is 2. The van der Waals surface area contributed by atoms with E-state index in [1.165, 1.54) is 13.1 Å². The number of carbonyl (C=O) groups is 2. The van der Waals surface area contributed by atoms with Crippen molar-refractivity contribution >= 4 is 23.2 Å². The number of nitrogens with zero attached hydrogens (tertiary/aromatic N) is 2. The largest absolute Gasteiger partial charge is 0.492 e. The summed E-state index contributed by atoms with van der Waals surface area (Å²) < 4.78 is 10.7. The van der Waals surface area contributed by atoms with Gasteiger partial charge in [-0.1, -0.05) is 0 Å². The van der Waals surface area contributed by atoms with Gasteiger partial charge in [-0.3, -0.25) is 9.59 Å². The first-order chi connectivity index (χ1) is 12.5. The Kier molecular flexibility index (Phi) is 7.00. The first-order valence-corrected chi connectivity index (χ1v) is 8.33. The average molecular weight is 358 g/mol. The number of carbonyl (C=O) groups excluding carboxylic acids is 2. The average Bonchev–Trinajstić information content (AvgIpc) is 2.64. The topological polar surface area (TPSA) is 104 Å². The third kappa shape index (κ3) is 5.22. The van der Waals surface area contributed by atoms with E-state index in [0.29, 0.717) is 50.0 Å². The number of amides is 2. The summed E-state index contributed by atoms with van der Waals surface area (Å²) in [6, 6.07) is 7.03. The lowest BCUT2D eigenvalue weighted by Crippen LogP contribution is -2.41. The number of nitrogens with one attached hydrogen (secondary N) is 2. The van der Waals surface area contributed by atoms with Crippen molar-refractivity contribution < 1.29 is 19.1 Å². The highest BCUT2D eigenvalue weighted by molar-refractivity contribution is 5.97. The number of hydrogen-bond acceptors (Lipinski definition) is 6. The summed E-state index contributed by atoms with van der Waals surface area (Å²) in [7, 11) is 0.